The highest BCUT2D eigenvalue weighted by molar-refractivity contribution is 7.77. The number of hydrogen-bond acceptors (Lipinski definition) is 3. The van der Waals surface area contributed by atoms with Crippen LogP contribution in [0.4, 0.5) is 13.2 Å². The van der Waals surface area contributed by atoms with E-state index >= 15 is 0 Å². The highest BCUT2D eigenvalue weighted by atomic mass is 32.2. The Hall–Kier alpha value is -1.45. The first kappa shape index (κ1) is 19.6. The van der Waals surface area contributed by atoms with Crippen LogP contribution in [0.1, 0.15) is 45.2 Å². The van der Waals surface area contributed by atoms with Crippen LogP contribution in [0.2, 0.25) is 0 Å². The Bertz CT molecular complexity index is 604. The Morgan fingerprint density at radius 2 is 1.83 bits per heavy atom. The summed E-state index contributed by atoms with van der Waals surface area (Å²) in [7, 11) is 0. The molecule has 0 amide bonds. The van der Waals surface area contributed by atoms with Gasteiger partial charge in [0, 0.05) is 18.1 Å². The van der Waals surface area contributed by atoms with Gasteiger partial charge in [0.2, 0.25) is 11.3 Å². The molecular formula is C14H18F3NO4S. The number of esters is 1. The Morgan fingerprint density at radius 3 is 2.35 bits per heavy atom. The van der Waals surface area contributed by atoms with Crippen molar-refractivity contribution in [1.29, 1.82) is 0 Å². The van der Waals surface area contributed by atoms with Crippen molar-refractivity contribution in [3.8, 4) is 0 Å². The quantitative estimate of drug-likeness (QED) is 0.468. The van der Waals surface area contributed by atoms with E-state index in [-0.39, 0.29) is 18.4 Å². The predicted molar refractivity (Wildman–Crippen MR) is 78.0 cm³/mol. The summed E-state index contributed by atoms with van der Waals surface area (Å²) in [4.78, 5) is 11.7. The average molecular weight is 353 g/mol. The molecule has 2 N–H and O–H groups in total. The minimum atomic E-state index is -2.54. The van der Waals surface area contributed by atoms with E-state index in [4.69, 9.17) is 9.29 Å². The van der Waals surface area contributed by atoms with E-state index in [0.29, 0.717) is 12.1 Å². The molecule has 0 aromatic heterocycles. The van der Waals surface area contributed by atoms with E-state index < -0.39 is 46.3 Å². The molecule has 0 heterocycles. The Morgan fingerprint density at radius 1 is 1.26 bits per heavy atom. The highest BCUT2D eigenvalue weighted by Gasteiger charge is 2.23. The van der Waals surface area contributed by atoms with Crippen LogP contribution in [0.15, 0.2) is 12.1 Å². The Labute approximate surface area is 134 Å². The van der Waals surface area contributed by atoms with Crippen molar-refractivity contribution >= 4 is 17.2 Å². The molecule has 130 valence electrons. The molecule has 1 aromatic rings. The normalized spacial score (nSPS) is 14.4. The molecular weight excluding hydrogens is 335 g/mol. The van der Waals surface area contributed by atoms with Gasteiger partial charge in [-0.05, 0) is 33.3 Å². The van der Waals surface area contributed by atoms with Crippen LogP contribution >= 0.6 is 0 Å². The van der Waals surface area contributed by atoms with Gasteiger partial charge >= 0.3 is 5.97 Å². The lowest BCUT2D eigenvalue weighted by Crippen LogP contribution is -2.27. The van der Waals surface area contributed by atoms with Gasteiger partial charge in [-0.15, -0.1) is 0 Å². The minimum absolute atomic E-state index is 0.136. The first-order valence-electron chi connectivity index (χ1n) is 6.73. The van der Waals surface area contributed by atoms with E-state index in [2.05, 4.69) is 4.72 Å². The van der Waals surface area contributed by atoms with Gasteiger partial charge in [0.05, 0.1) is 6.04 Å². The summed E-state index contributed by atoms with van der Waals surface area (Å²) in [6, 6.07) is -0.235. The van der Waals surface area contributed by atoms with E-state index in [0.717, 1.165) is 0 Å². The van der Waals surface area contributed by atoms with Crippen LogP contribution < -0.4 is 4.72 Å². The summed E-state index contributed by atoms with van der Waals surface area (Å²) >= 11 is -2.54. The number of carbonyl (C=O) groups excluding carboxylic acids is 1. The molecule has 0 aliphatic rings. The fraction of sp³-hybridized carbons (Fsp3) is 0.500. The number of carbonyl (C=O) groups is 1. The topological polar surface area (TPSA) is 75.6 Å². The number of ether oxygens (including phenoxy) is 1. The third kappa shape index (κ3) is 6.67. The van der Waals surface area contributed by atoms with Crippen molar-refractivity contribution in [2.45, 2.75) is 45.3 Å². The molecule has 0 saturated carbocycles. The molecule has 23 heavy (non-hydrogen) atoms. The van der Waals surface area contributed by atoms with Gasteiger partial charge in [0.15, 0.2) is 11.6 Å². The average Bonchev–Trinajstić information content (AvgIpc) is 2.36. The molecule has 1 rings (SSSR count). The summed E-state index contributed by atoms with van der Waals surface area (Å²) in [5.41, 5.74) is -1.07. The molecule has 2 atom stereocenters. The zero-order chi connectivity index (χ0) is 17.8. The van der Waals surface area contributed by atoms with E-state index in [1.807, 2.05) is 0 Å². The van der Waals surface area contributed by atoms with Crippen molar-refractivity contribution in [2.75, 3.05) is 0 Å². The SMILES string of the molecule is CC(C)(C)OC(=O)CCC(NS(=O)O)c1cc(F)c(F)cc1F. The lowest BCUT2D eigenvalue weighted by molar-refractivity contribution is -0.155. The number of halogens is 3. The molecule has 0 radical (unpaired) electrons. The molecule has 0 saturated heterocycles. The summed E-state index contributed by atoms with van der Waals surface area (Å²) in [5.74, 6) is -4.36. The second-order valence-electron chi connectivity index (χ2n) is 5.83. The fourth-order valence-corrected chi connectivity index (χ4v) is 2.35. The summed E-state index contributed by atoms with van der Waals surface area (Å²) in [5, 5.41) is 0. The predicted octanol–water partition coefficient (Wildman–Crippen LogP) is 2.99. The first-order valence-corrected chi connectivity index (χ1v) is 7.83. The van der Waals surface area contributed by atoms with E-state index in [9.17, 15) is 22.2 Å². The fourth-order valence-electron chi connectivity index (χ4n) is 1.86. The smallest absolute Gasteiger partial charge is 0.306 e. The molecule has 9 heteroatoms. The van der Waals surface area contributed by atoms with Crippen molar-refractivity contribution in [3.05, 3.63) is 35.1 Å². The van der Waals surface area contributed by atoms with Gasteiger partial charge < -0.3 is 4.74 Å². The molecule has 5 nitrogen and oxygen atoms in total. The summed E-state index contributed by atoms with van der Waals surface area (Å²) < 4.78 is 67.0. The number of rotatable bonds is 6. The van der Waals surface area contributed by atoms with Crippen LogP contribution in [0.25, 0.3) is 0 Å². The maximum atomic E-state index is 13.8. The molecule has 1 aromatic carbocycles. The van der Waals surface area contributed by atoms with Gasteiger partial charge in [-0.2, -0.15) is 0 Å². The molecule has 2 unspecified atom stereocenters. The first-order chi connectivity index (χ1) is 10.5. The zero-order valence-corrected chi connectivity index (χ0v) is 13.7. The number of benzene rings is 1. The third-order valence-electron chi connectivity index (χ3n) is 2.72. The molecule has 0 fully saturated rings. The second kappa shape index (κ2) is 7.89. The highest BCUT2D eigenvalue weighted by Crippen LogP contribution is 2.25. The Balaban J connectivity index is 2.91. The third-order valence-corrected chi connectivity index (χ3v) is 3.20. The molecule has 0 aliphatic heterocycles. The maximum absolute atomic E-state index is 13.8. The summed E-state index contributed by atoms with van der Waals surface area (Å²) in [6.07, 6.45) is -0.340. The van der Waals surface area contributed by atoms with E-state index in [1.165, 1.54) is 0 Å². The van der Waals surface area contributed by atoms with Gasteiger partial charge in [-0.1, -0.05) is 0 Å². The van der Waals surface area contributed by atoms with Crippen molar-refractivity contribution in [3.63, 3.8) is 0 Å². The lowest BCUT2D eigenvalue weighted by Gasteiger charge is -2.21. The minimum Gasteiger partial charge on any atom is -0.460 e. The van der Waals surface area contributed by atoms with Gasteiger partial charge in [-0.25, -0.2) is 22.1 Å². The van der Waals surface area contributed by atoms with Gasteiger partial charge in [-0.3, -0.25) is 9.35 Å². The van der Waals surface area contributed by atoms with Crippen LogP contribution in [0.5, 0.6) is 0 Å². The van der Waals surface area contributed by atoms with Crippen molar-refractivity contribution in [2.24, 2.45) is 0 Å². The molecule has 0 aliphatic carbocycles. The van der Waals surface area contributed by atoms with Crippen molar-refractivity contribution < 1.29 is 31.5 Å². The number of nitrogens with one attached hydrogen (secondary N) is 1. The lowest BCUT2D eigenvalue weighted by atomic mass is 10.0. The Kier molecular flexibility index (Phi) is 6.72. The van der Waals surface area contributed by atoms with Gasteiger partial charge in [0.1, 0.15) is 11.4 Å². The molecule has 0 spiro atoms. The number of hydrogen-bond donors (Lipinski definition) is 2. The summed E-state index contributed by atoms with van der Waals surface area (Å²) in [6.45, 7) is 5.00. The van der Waals surface area contributed by atoms with Crippen LogP contribution in [0.3, 0.4) is 0 Å². The van der Waals surface area contributed by atoms with Gasteiger partial charge in [0.25, 0.3) is 0 Å². The van der Waals surface area contributed by atoms with E-state index in [1.54, 1.807) is 20.8 Å². The second-order valence-corrected chi connectivity index (χ2v) is 6.57. The largest absolute Gasteiger partial charge is 0.460 e. The standard InChI is InChI=1S/C14H18F3NO4S/c1-14(2,3)22-13(19)5-4-12(18-23(20)21)8-6-10(16)11(17)7-9(8)15/h6-7,12,18H,4-5H2,1-3H3,(H,20,21). The van der Waals surface area contributed by atoms with Crippen molar-refractivity contribution in [1.82, 2.24) is 4.72 Å². The monoisotopic (exact) mass is 353 g/mol. The van der Waals surface area contributed by atoms with Crippen LogP contribution in [-0.2, 0) is 20.8 Å². The molecule has 0 bridgehead atoms. The maximum Gasteiger partial charge on any atom is 0.306 e. The van der Waals surface area contributed by atoms with Crippen LogP contribution in [-0.4, -0.2) is 20.3 Å². The zero-order valence-electron chi connectivity index (χ0n) is 12.9. The van der Waals surface area contributed by atoms with Crippen LogP contribution in [0, 0.1) is 17.5 Å².